The molecule has 1 unspecified atom stereocenters. The molecule has 0 aliphatic rings. The average Bonchev–Trinajstić information content (AvgIpc) is 2.47. The summed E-state index contributed by atoms with van der Waals surface area (Å²) >= 11 is 5.86. The van der Waals surface area contributed by atoms with E-state index >= 15 is 0 Å². The highest BCUT2D eigenvalue weighted by Crippen LogP contribution is 2.27. The lowest BCUT2D eigenvalue weighted by molar-refractivity contribution is -0.138. The van der Waals surface area contributed by atoms with E-state index in [1.807, 2.05) is 31.2 Å². The molecule has 0 fully saturated rings. The van der Waals surface area contributed by atoms with Crippen molar-refractivity contribution in [2.24, 2.45) is 0 Å². The van der Waals surface area contributed by atoms with Gasteiger partial charge in [0.25, 0.3) is 0 Å². The number of hydrogen-bond acceptors (Lipinski definition) is 2. The van der Waals surface area contributed by atoms with Crippen molar-refractivity contribution < 1.29 is 14.6 Å². The van der Waals surface area contributed by atoms with E-state index < -0.39 is 11.9 Å². The third-order valence-electron chi connectivity index (χ3n) is 3.27. The van der Waals surface area contributed by atoms with Crippen molar-refractivity contribution in [3.05, 3.63) is 64.7 Å². The van der Waals surface area contributed by atoms with Crippen LogP contribution in [0.15, 0.2) is 48.5 Å². The second-order valence-corrected chi connectivity index (χ2v) is 5.12. The van der Waals surface area contributed by atoms with E-state index in [0.29, 0.717) is 18.1 Å². The molecule has 3 nitrogen and oxygen atoms in total. The van der Waals surface area contributed by atoms with Gasteiger partial charge >= 0.3 is 5.97 Å². The number of carboxylic acids is 1. The van der Waals surface area contributed by atoms with Crippen LogP contribution >= 0.6 is 11.6 Å². The number of ether oxygens (including phenoxy) is 1. The van der Waals surface area contributed by atoms with E-state index in [4.69, 9.17) is 16.3 Å². The molecule has 0 aliphatic carbocycles. The molecular formula is C17H17ClO3. The smallest absolute Gasteiger partial charge is 0.311 e. The summed E-state index contributed by atoms with van der Waals surface area (Å²) < 4.78 is 5.56. The largest absolute Gasteiger partial charge is 0.494 e. The zero-order chi connectivity index (χ0) is 15.2. The van der Waals surface area contributed by atoms with Gasteiger partial charge < -0.3 is 9.84 Å². The molecule has 1 N–H and O–H groups in total. The Kier molecular flexibility index (Phi) is 5.23. The standard InChI is InChI=1S/C17H17ClO3/c1-2-21-16-6-4-3-5-13(16)11-15(17(19)20)12-7-9-14(18)10-8-12/h3-10,15H,2,11H2,1H3,(H,19,20). The lowest BCUT2D eigenvalue weighted by atomic mass is 9.92. The third kappa shape index (κ3) is 3.99. The van der Waals surface area contributed by atoms with Crippen LogP contribution in [0.4, 0.5) is 0 Å². The highest BCUT2D eigenvalue weighted by atomic mass is 35.5. The lowest BCUT2D eigenvalue weighted by Gasteiger charge is -2.16. The summed E-state index contributed by atoms with van der Waals surface area (Å²) in [6.45, 7) is 2.46. The van der Waals surface area contributed by atoms with E-state index in [0.717, 1.165) is 16.9 Å². The number of carbonyl (C=O) groups is 1. The Hall–Kier alpha value is -2.00. The Labute approximate surface area is 129 Å². The number of carboxylic acid groups (broad SMARTS) is 1. The van der Waals surface area contributed by atoms with Gasteiger partial charge in [0.1, 0.15) is 5.75 Å². The molecular weight excluding hydrogens is 288 g/mol. The number of aliphatic carboxylic acids is 1. The van der Waals surface area contributed by atoms with Gasteiger partial charge in [0.05, 0.1) is 12.5 Å². The predicted molar refractivity (Wildman–Crippen MR) is 83.1 cm³/mol. The first-order valence-electron chi connectivity index (χ1n) is 6.80. The summed E-state index contributed by atoms with van der Waals surface area (Å²) in [7, 11) is 0. The highest BCUT2D eigenvalue weighted by molar-refractivity contribution is 6.30. The molecule has 0 amide bonds. The SMILES string of the molecule is CCOc1ccccc1CC(C(=O)O)c1ccc(Cl)cc1. The molecule has 2 rings (SSSR count). The molecule has 0 saturated heterocycles. The van der Waals surface area contributed by atoms with Crippen LogP contribution in [-0.4, -0.2) is 17.7 Å². The number of hydrogen-bond donors (Lipinski definition) is 1. The molecule has 0 bridgehead atoms. The molecule has 0 spiro atoms. The molecule has 2 aromatic carbocycles. The Morgan fingerprint density at radius 1 is 1.19 bits per heavy atom. The zero-order valence-electron chi connectivity index (χ0n) is 11.8. The maximum absolute atomic E-state index is 11.6. The topological polar surface area (TPSA) is 46.5 Å². The van der Waals surface area contributed by atoms with Gasteiger partial charge in [0.15, 0.2) is 0 Å². The minimum atomic E-state index is -0.858. The van der Waals surface area contributed by atoms with E-state index in [9.17, 15) is 9.90 Å². The fourth-order valence-electron chi connectivity index (χ4n) is 2.23. The molecule has 0 aromatic heterocycles. The van der Waals surface area contributed by atoms with Gasteiger partial charge in [-0.15, -0.1) is 0 Å². The molecule has 1 atom stereocenters. The van der Waals surface area contributed by atoms with Crippen molar-refractivity contribution in [2.75, 3.05) is 6.61 Å². The van der Waals surface area contributed by atoms with Crippen molar-refractivity contribution in [1.82, 2.24) is 0 Å². The van der Waals surface area contributed by atoms with Gasteiger partial charge in [-0.05, 0) is 42.7 Å². The van der Waals surface area contributed by atoms with E-state index in [1.54, 1.807) is 24.3 Å². The fourth-order valence-corrected chi connectivity index (χ4v) is 2.36. The van der Waals surface area contributed by atoms with Crippen LogP contribution in [0.5, 0.6) is 5.75 Å². The zero-order valence-corrected chi connectivity index (χ0v) is 12.5. The Morgan fingerprint density at radius 2 is 1.86 bits per heavy atom. The monoisotopic (exact) mass is 304 g/mol. The van der Waals surface area contributed by atoms with Gasteiger partial charge in [-0.25, -0.2) is 0 Å². The van der Waals surface area contributed by atoms with Crippen LogP contribution in [0.1, 0.15) is 24.0 Å². The normalized spacial score (nSPS) is 11.9. The number of halogens is 1. The Bertz CT molecular complexity index is 608. The van der Waals surface area contributed by atoms with Gasteiger partial charge in [-0.2, -0.15) is 0 Å². The van der Waals surface area contributed by atoms with Crippen LogP contribution in [0, 0.1) is 0 Å². The summed E-state index contributed by atoms with van der Waals surface area (Å²) in [5.74, 6) is -0.743. The summed E-state index contributed by atoms with van der Waals surface area (Å²) in [6.07, 6.45) is 0.382. The summed E-state index contributed by atoms with van der Waals surface area (Å²) in [4.78, 5) is 11.6. The van der Waals surface area contributed by atoms with E-state index in [1.165, 1.54) is 0 Å². The number of rotatable bonds is 6. The van der Waals surface area contributed by atoms with Crippen molar-refractivity contribution in [1.29, 1.82) is 0 Å². The molecule has 0 radical (unpaired) electrons. The molecule has 0 saturated carbocycles. The second-order valence-electron chi connectivity index (χ2n) is 4.69. The minimum absolute atomic E-state index is 0.382. The van der Waals surface area contributed by atoms with Crippen LogP contribution < -0.4 is 4.74 Å². The van der Waals surface area contributed by atoms with Crippen molar-refractivity contribution in [3.63, 3.8) is 0 Å². The quantitative estimate of drug-likeness (QED) is 0.872. The maximum atomic E-state index is 11.6. The first-order valence-corrected chi connectivity index (χ1v) is 7.18. The van der Waals surface area contributed by atoms with Gasteiger partial charge in [-0.3, -0.25) is 4.79 Å². The Balaban J connectivity index is 2.29. The second kappa shape index (κ2) is 7.14. The van der Waals surface area contributed by atoms with Crippen molar-refractivity contribution >= 4 is 17.6 Å². The molecule has 0 heterocycles. The number of benzene rings is 2. The summed E-state index contributed by atoms with van der Waals surface area (Å²) in [5, 5.41) is 10.1. The predicted octanol–water partition coefficient (Wildman–Crippen LogP) is 4.15. The van der Waals surface area contributed by atoms with Crippen molar-refractivity contribution in [2.45, 2.75) is 19.3 Å². The highest BCUT2D eigenvalue weighted by Gasteiger charge is 2.21. The Morgan fingerprint density at radius 3 is 2.48 bits per heavy atom. The van der Waals surface area contributed by atoms with Crippen molar-refractivity contribution in [3.8, 4) is 5.75 Å². The third-order valence-corrected chi connectivity index (χ3v) is 3.52. The molecule has 21 heavy (non-hydrogen) atoms. The average molecular weight is 305 g/mol. The van der Waals surface area contributed by atoms with Crippen LogP contribution in [0.2, 0.25) is 5.02 Å². The van der Waals surface area contributed by atoms with E-state index in [2.05, 4.69) is 0 Å². The van der Waals surface area contributed by atoms with Crippen LogP contribution in [-0.2, 0) is 11.2 Å². The lowest BCUT2D eigenvalue weighted by Crippen LogP contribution is -2.15. The van der Waals surface area contributed by atoms with Gasteiger partial charge in [0, 0.05) is 5.02 Å². The van der Waals surface area contributed by atoms with Crippen LogP contribution in [0.3, 0.4) is 0 Å². The first-order chi connectivity index (χ1) is 10.1. The van der Waals surface area contributed by atoms with E-state index in [-0.39, 0.29) is 0 Å². The number of para-hydroxylation sites is 1. The molecule has 110 valence electrons. The van der Waals surface area contributed by atoms with Gasteiger partial charge in [-0.1, -0.05) is 41.9 Å². The summed E-state index contributed by atoms with van der Waals surface area (Å²) in [5.41, 5.74) is 1.62. The van der Waals surface area contributed by atoms with Gasteiger partial charge in [0.2, 0.25) is 0 Å². The molecule has 4 heteroatoms. The summed E-state index contributed by atoms with van der Waals surface area (Å²) in [6, 6.07) is 14.5. The maximum Gasteiger partial charge on any atom is 0.311 e. The minimum Gasteiger partial charge on any atom is -0.494 e. The molecule has 2 aromatic rings. The van der Waals surface area contributed by atoms with Crippen LogP contribution in [0.25, 0.3) is 0 Å². The fraction of sp³-hybridized carbons (Fsp3) is 0.235. The molecule has 0 aliphatic heterocycles. The first kappa shape index (κ1) is 15.4.